The maximum Gasteiger partial charge on any atom is 0.106 e. The Balaban J connectivity index is 1.86. The summed E-state index contributed by atoms with van der Waals surface area (Å²) in [4.78, 5) is 5.20. The topological polar surface area (TPSA) is 21.6 Å². The molecule has 0 atom stereocenters. The van der Waals surface area contributed by atoms with E-state index in [2.05, 4.69) is 96.2 Å². The predicted molar refractivity (Wildman–Crippen MR) is 113 cm³/mol. The lowest BCUT2D eigenvalue weighted by atomic mass is 9.91. The van der Waals surface area contributed by atoms with Crippen LogP contribution >= 0.6 is 0 Å². The summed E-state index contributed by atoms with van der Waals surface area (Å²) < 4.78 is 0. The Morgan fingerprint density at radius 1 is 0.704 bits per heavy atom. The molecule has 0 aliphatic carbocycles. The number of oxime groups is 1. The summed E-state index contributed by atoms with van der Waals surface area (Å²) in [6, 6.07) is 33.7. The van der Waals surface area contributed by atoms with Crippen LogP contribution in [0.1, 0.15) is 11.1 Å². The first-order valence-corrected chi connectivity index (χ1v) is 9.08. The van der Waals surface area contributed by atoms with E-state index >= 15 is 0 Å². The Hall–Kier alpha value is -3.39. The Morgan fingerprint density at radius 2 is 1.37 bits per heavy atom. The lowest BCUT2D eigenvalue weighted by molar-refractivity contribution is 0.213. The normalized spacial score (nSPS) is 11.5. The van der Waals surface area contributed by atoms with Gasteiger partial charge in [-0.25, -0.2) is 0 Å². The van der Waals surface area contributed by atoms with Gasteiger partial charge in [-0.1, -0.05) is 102 Å². The monoisotopic (exact) mass is 351 g/mol. The van der Waals surface area contributed by atoms with Gasteiger partial charge in [0.2, 0.25) is 0 Å². The molecule has 132 valence electrons. The molecule has 0 saturated carbocycles. The zero-order valence-electron chi connectivity index (χ0n) is 15.3. The molecule has 0 aromatic heterocycles. The summed E-state index contributed by atoms with van der Waals surface area (Å²) >= 11 is 0. The molecule has 0 unspecified atom stereocenters. The average Bonchev–Trinajstić information content (AvgIpc) is 2.74. The molecule has 27 heavy (non-hydrogen) atoms. The molecule has 2 nitrogen and oxygen atoms in total. The molecule has 2 heteroatoms. The van der Waals surface area contributed by atoms with Crippen LogP contribution in [0.5, 0.6) is 0 Å². The lowest BCUT2D eigenvalue weighted by Gasteiger charge is -2.14. The number of rotatable bonds is 5. The van der Waals surface area contributed by atoms with Crippen LogP contribution in [0.2, 0.25) is 0 Å². The zero-order chi connectivity index (χ0) is 18.5. The third-order valence-corrected chi connectivity index (χ3v) is 4.73. The minimum atomic E-state index is 0.719. The quantitative estimate of drug-likeness (QED) is 0.314. The van der Waals surface area contributed by atoms with Crippen LogP contribution in [0.25, 0.3) is 21.9 Å². The molecule has 0 amide bonds. The maximum atomic E-state index is 5.20. The zero-order valence-corrected chi connectivity index (χ0v) is 15.3. The fourth-order valence-electron chi connectivity index (χ4n) is 3.51. The molecule has 0 bridgehead atoms. The Kier molecular flexibility index (Phi) is 4.97. The van der Waals surface area contributed by atoms with Crippen LogP contribution in [-0.4, -0.2) is 12.8 Å². The second-order valence-corrected chi connectivity index (χ2v) is 6.46. The van der Waals surface area contributed by atoms with Crippen LogP contribution in [-0.2, 0) is 11.3 Å². The molecule has 0 aliphatic rings. The molecule has 0 heterocycles. The molecule has 4 aromatic rings. The van der Waals surface area contributed by atoms with Crippen LogP contribution in [0.3, 0.4) is 0 Å². The van der Waals surface area contributed by atoms with Crippen molar-refractivity contribution in [2.24, 2.45) is 5.16 Å². The van der Waals surface area contributed by atoms with E-state index in [0.717, 1.165) is 17.7 Å². The van der Waals surface area contributed by atoms with Crippen molar-refractivity contribution in [1.82, 2.24) is 0 Å². The Bertz CT molecular complexity index is 1080. The van der Waals surface area contributed by atoms with Gasteiger partial charge < -0.3 is 4.84 Å². The van der Waals surface area contributed by atoms with Crippen molar-refractivity contribution in [2.75, 3.05) is 7.11 Å². The maximum absolute atomic E-state index is 5.20. The van der Waals surface area contributed by atoms with E-state index in [1.54, 1.807) is 7.11 Å². The largest absolute Gasteiger partial charge is 0.399 e. The average molecular weight is 351 g/mol. The highest BCUT2D eigenvalue weighted by Crippen LogP contribution is 2.31. The van der Waals surface area contributed by atoms with Gasteiger partial charge in [-0.3, -0.25) is 0 Å². The van der Waals surface area contributed by atoms with Gasteiger partial charge in [0.15, 0.2) is 0 Å². The molecule has 0 saturated heterocycles. The van der Waals surface area contributed by atoms with Gasteiger partial charge in [0, 0.05) is 12.0 Å². The van der Waals surface area contributed by atoms with Crippen molar-refractivity contribution < 1.29 is 4.84 Å². The summed E-state index contributed by atoms with van der Waals surface area (Å²) in [7, 11) is 1.60. The van der Waals surface area contributed by atoms with E-state index in [-0.39, 0.29) is 0 Å². The summed E-state index contributed by atoms with van der Waals surface area (Å²) in [5.41, 5.74) is 5.61. The van der Waals surface area contributed by atoms with Crippen LogP contribution in [0.15, 0.2) is 102 Å². The number of hydrogen-bond acceptors (Lipinski definition) is 2. The molecule has 4 aromatic carbocycles. The smallest absolute Gasteiger partial charge is 0.106 e. The molecule has 4 rings (SSSR count). The van der Waals surface area contributed by atoms with E-state index in [1.165, 1.54) is 27.5 Å². The highest BCUT2D eigenvalue weighted by Gasteiger charge is 2.14. The second-order valence-electron chi connectivity index (χ2n) is 6.46. The van der Waals surface area contributed by atoms with E-state index < -0.39 is 0 Å². The first-order chi connectivity index (χ1) is 13.4. The van der Waals surface area contributed by atoms with Gasteiger partial charge in [0.25, 0.3) is 0 Å². The highest BCUT2D eigenvalue weighted by atomic mass is 16.6. The van der Waals surface area contributed by atoms with Crippen molar-refractivity contribution in [3.8, 4) is 11.1 Å². The number of benzene rings is 4. The van der Waals surface area contributed by atoms with Gasteiger partial charge in [0.05, 0.1) is 5.71 Å². The van der Waals surface area contributed by atoms with Gasteiger partial charge in [0.1, 0.15) is 7.11 Å². The van der Waals surface area contributed by atoms with Gasteiger partial charge in [-0.2, -0.15) is 0 Å². The van der Waals surface area contributed by atoms with Crippen LogP contribution < -0.4 is 0 Å². The fraction of sp³-hybridized carbons (Fsp3) is 0.0800. The summed E-state index contributed by atoms with van der Waals surface area (Å²) in [6.07, 6.45) is 0.719. The van der Waals surface area contributed by atoms with Crippen molar-refractivity contribution in [3.05, 3.63) is 108 Å². The fourth-order valence-corrected chi connectivity index (χ4v) is 3.51. The molecule has 0 spiro atoms. The summed E-state index contributed by atoms with van der Waals surface area (Å²) in [6.45, 7) is 0. The van der Waals surface area contributed by atoms with E-state index in [0.29, 0.717) is 0 Å². The Morgan fingerprint density at radius 3 is 2.22 bits per heavy atom. The van der Waals surface area contributed by atoms with Crippen molar-refractivity contribution >= 4 is 16.5 Å². The minimum Gasteiger partial charge on any atom is -0.399 e. The third kappa shape index (κ3) is 3.61. The van der Waals surface area contributed by atoms with E-state index in [4.69, 9.17) is 4.84 Å². The first-order valence-electron chi connectivity index (χ1n) is 9.08. The van der Waals surface area contributed by atoms with Gasteiger partial charge in [-0.05, 0) is 27.5 Å². The molecule has 0 N–H and O–H groups in total. The molecule has 0 fully saturated rings. The van der Waals surface area contributed by atoms with Crippen molar-refractivity contribution in [3.63, 3.8) is 0 Å². The molecule has 0 radical (unpaired) electrons. The predicted octanol–water partition coefficient (Wildman–Crippen LogP) is 6.10. The van der Waals surface area contributed by atoms with E-state index in [1.807, 2.05) is 6.07 Å². The van der Waals surface area contributed by atoms with Gasteiger partial charge in [-0.15, -0.1) is 0 Å². The molecule has 0 aliphatic heterocycles. The first kappa shape index (κ1) is 17.0. The standard InChI is InChI=1S/C25H21NO/c1-27-26-25(18-19-10-3-2-4-11-19)24-16-8-7-15-23(24)22-17-9-13-20-12-5-6-14-21(20)22/h2-17H,18H2,1H3/b26-25-. The summed E-state index contributed by atoms with van der Waals surface area (Å²) in [5.74, 6) is 0. The lowest BCUT2D eigenvalue weighted by Crippen LogP contribution is -2.08. The minimum absolute atomic E-state index is 0.719. The number of nitrogens with zero attached hydrogens (tertiary/aromatic N) is 1. The van der Waals surface area contributed by atoms with Crippen molar-refractivity contribution in [2.45, 2.75) is 6.42 Å². The second kappa shape index (κ2) is 7.88. The van der Waals surface area contributed by atoms with Crippen LogP contribution in [0.4, 0.5) is 0 Å². The third-order valence-electron chi connectivity index (χ3n) is 4.73. The van der Waals surface area contributed by atoms with E-state index in [9.17, 15) is 0 Å². The Labute approximate surface area is 159 Å². The highest BCUT2D eigenvalue weighted by molar-refractivity contribution is 6.09. The van der Waals surface area contributed by atoms with Crippen LogP contribution in [0, 0.1) is 0 Å². The SMILES string of the molecule is CO/N=C(/Cc1ccccc1)c1ccccc1-c1cccc2ccccc12. The number of hydrogen-bond donors (Lipinski definition) is 0. The molecular weight excluding hydrogens is 330 g/mol. The molecular formula is C25H21NO. The van der Waals surface area contributed by atoms with Gasteiger partial charge >= 0.3 is 0 Å². The number of fused-ring (bicyclic) bond motifs is 1. The summed E-state index contributed by atoms with van der Waals surface area (Å²) in [5, 5.41) is 6.85. The van der Waals surface area contributed by atoms with Crippen molar-refractivity contribution in [1.29, 1.82) is 0 Å².